The average Bonchev–Trinajstić information content (AvgIpc) is 2.36. The molecule has 3 heteroatoms. The molecule has 0 bridgehead atoms. The molecule has 0 N–H and O–H groups in total. The van der Waals surface area contributed by atoms with Crippen LogP contribution in [0.25, 0.3) is 11.1 Å². The SMILES string of the molecule is Clc1c[c]cc2ocnc12. The lowest BCUT2D eigenvalue weighted by Gasteiger charge is -1.86. The Bertz CT molecular complexity index is 355. The second kappa shape index (κ2) is 1.99. The first kappa shape index (κ1) is 5.74. The normalized spacial score (nSPS) is 10.5. The fourth-order valence-corrected chi connectivity index (χ4v) is 1.00. The average molecular weight is 153 g/mol. The number of hydrogen-bond donors (Lipinski definition) is 0. The third-order valence-corrected chi connectivity index (χ3v) is 1.53. The van der Waals surface area contributed by atoms with Crippen LogP contribution in [-0.4, -0.2) is 4.98 Å². The zero-order valence-electron chi connectivity index (χ0n) is 4.97. The Morgan fingerprint density at radius 2 is 2.40 bits per heavy atom. The Labute approximate surface area is 62.4 Å². The fraction of sp³-hybridized carbons (Fsp3) is 0. The van der Waals surface area contributed by atoms with E-state index in [9.17, 15) is 0 Å². The lowest BCUT2D eigenvalue weighted by atomic mass is 10.3. The van der Waals surface area contributed by atoms with Crippen molar-refractivity contribution in [3.05, 3.63) is 29.6 Å². The topological polar surface area (TPSA) is 26.0 Å². The van der Waals surface area contributed by atoms with Crippen LogP contribution >= 0.6 is 11.6 Å². The van der Waals surface area contributed by atoms with E-state index < -0.39 is 0 Å². The van der Waals surface area contributed by atoms with Gasteiger partial charge in [0.25, 0.3) is 0 Å². The molecule has 0 atom stereocenters. The van der Waals surface area contributed by atoms with E-state index in [4.69, 9.17) is 16.0 Å². The predicted octanol–water partition coefficient (Wildman–Crippen LogP) is 2.28. The van der Waals surface area contributed by atoms with E-state index in [0.717, 1.165) is 0 Å². The molecule has 0 aliphatic heterocycles. The summed E-state index contributed by atoms with van der Waals surface area (Å²) in [7, 11) is 0. The third-order valence-electron chi connectivity index (χ3n) is 1.25. The number of hydrogen-bond acceptors (Lipinski definition) is 2. The summed E-state index contributed by atoms with van der Waals surface area (Å²) in [4.78, 5) is 3.90. The second-order valence-corrected chi connectivity index (χ2v) is 2.28. The predicted molar refractivity (Wildman–Crippen MR) is 37.9 cm³/mol. The molecular formula is C7H3ClNO. The zero-order chi connectivity index (χ0) is 6.97. The van der Waals surface area contributed by atoms with Crippen molar-refractivity contribution in [2.45, 2.75) is 0 Å². The van der Waals surface area contributed by atoms with Gasteiger partial charge in [0.15, 0.2) is 12.0 Å². The molecule has 2 nitrogen and oxygen atoms in total. The maximum absolute atomic E-state index is 5.74. The van der Waals surface area contributed by atoms with E-state index in [1.165, 1.54) is 6.39 Å². The molecule has 1 radical (unpaired) electrons. The van der Waals surface area contributed by atoms with Gasteiger partial charge in [0.05, 0.1) is 5.02 Å². The Morgan fingerprint density at radius 1 is 1.50 bits per heavy atom. The summed E-state index contributed by atoms with van der Waals surface area (Å²) in [5, 5.41) is 0.575. The standard InChI is InChI=1S/C7H3ClNO/c8-5-2-1-3-6-7(5)9-4-10-6/h2-4H. The van der Waals surface area contributed by atoms with Gasteiger partial charge in [-0.25, -0.2) is 4.98 Å². The molecule has 1 aromatic heterocycles. The third kappa shape index (κ3) is 0.693. The van der Waals surface area contributed by atoms with Crippen molar-refractivity contribution in [3.63, 3.8) is 0 Å². The summed E-state index contributed by atoms with van der Waals surface area (Å²) in [5.41, 5.74) is 1.37. The van der Waals surface area contributed by atoms with Gasteiger partial charge in [-0.1, -0.05) is 11.6 Å². The molecule has 0 amide bonds. The highest BCUT2D eigenvalue weighted by Gasteiger charge is 2.00. The molecule has 0 saturated carbocycles. The van der Waals surface area contributed by atoms with Crippen LogP contribution in [0.15, 0.2) is 22.9 Å². The molecule has 10 heavy (non-hydrogen) atoms. The summed E-state index contributed by atoms with van der Waals surface area (Å²) in [6, 6.07) is 6.19. The van der Waals surface area contributed by atoms with Gasteiger partial charge >= 0.3 is 0 Å². The van der Waals surface area contributed by atoms with Gasteiger partial charge in [-0.15, -0.1) is 0 Å². The molecule has 0 aliphatic rings. The molecule has 2 aromatic rings. The largest absolute Gasteiger partial charge is 0.443 e. The number of rotatable bonds is 0. The number of benzene rings is 1. The van der Waals surface area contributed by atoms with Crippen LogP contribution in [0, 0.1) is 6.07 Å². The summed E-state index contributed by atoms with van der Waals surface area (Å²) in [6.45, 7) is 0. The second-order valence-electron chi connectivity index (χ2n) is 1.87. The Hall–Kier alpha value is -1.02. The maximum Gasteiger partial charge on any atom is 0.182 e. The minimum absolute atomic E-state index is 0.575. The highest BCUT2D eigenvalue weighted by atomic mass is 35.5. The van der Waals surface area contributed by atoms with Crippen molar-refractivity contribution in [2.75, 3.05) is 0 Å². The minimum atomic E-state index is 0.575. The Morgan fingerprint density at radius 3 is 3.20 bits per heavy atom. The van der Waals surface area contributed by atoms with E-state index in [2.05, 4.69) is 11.1 Å². The van der Waals surface area contributed by atoms with E-state index in [-0.39, 0.29) is 0 Å². The number of fused-ring (bicyclic) bond motifs is 1. The van der Waals surface area contributed by atoms with Gasteiger partial charge < -0.3 is 4.42 Å². The molecule has 2 rings (SSSR count). The van der Waals surface area contributed by atoms with Crippen molar-refractivity contribution in [2.24, 2.45) is 0 Å². The van der Waals surface area contributed by atoms with Crippen LogP contribution in [0.5, 0.6) is 0 Å². The van der Waals surface area contributed by atoms with Gasteiger partial charge in [-0.05, 0) is 18.2 Å². The van der Waals surface area contributed by atoms with Crippen molar-refractivity contribution >= 4 is 22.7 Å². The van der Waals surface area contributed by atoms with Crippen LogP contribution in [0.1, 0.15) is 0 Å². The van der Waals surface area contributed by atoms with Crippen LogP contribution < -0.4 is 0 Å². The number of oxazole rings is 1. The smallest absolute Gasteiger partial charge is 0.182 e. The van der Waals surface area contributed by atoms with Gasteiger partial charge in [-0.2, -0.15) is 0 Å². The van der Waals surface area contributed by atoms with Gasteiger partial charge in [0.1, 0.15) is 5.52 Å². The van der Waals surface area contributed by atoms with E-state index >= 15 is 0 Å². The summed E-state index contributed by atoms with van der Waals surface area (Å²) in [5.74, 6) is 0. The minimum Gasteiger partial charge on any atom is -0.443 e. The molecule has 0 saturated heterocycles. The first-order valence-corrected chi connectivity index (χ1v) is 3.14. The molecule has 49 valence electrons. The number of nitrogens with zero attached hydrogens (tertiary/aromatic N) is 1. The summed E-state index contributed by atoms with van der Waals surface area (Å²) < 4.78 is 4.97. The first-order chi connectivity index (χ1) is 4.88. The molecule has 0 spiro atoms. The first-order valence-electron chi connectivity index (χ1n) is 2.77. The fourth-order valence-electron chi connectivity index (χ4n) is 0.796. The van der Waals surface area contributed by atoms with Crippen molar-refractivity contribution in [1.82, 2.24) is 4.98 Å². The van der Waals surface area contributed by atoms with Gasteiger partial charge in [0, 0.05) is 0 Å². The van der Waals surface area contributed by atoms with Crippen molar-refractivity contribution in [3.8, 4) is 0 Å². The summed E-state index contributed by atoms with van der Waals surface area (Å²) in [6.07, 6.45) is 1.37. The molecule has 1 aromatic carbocycles. The highest BCUT2D eigenvalue weighted by molar-refractivity contribution is 6.34. The van der Waals surface area contributed by atoms with Crippen LogP contribution in [-0.2, 0) is 0 Å². The number of aromatic nitrogens is 1. The lowest BCUT2D eigenvalue weighted by molar-refractivity contribution is 0.602. The monoisotopic (exact) mass is 152 g/mol. The Kier molecular flexibility index (Phi) is 1.14. The quantitative estimate of drug-likeness (QED) is 0.579. The Balaban J connectivity index is 2.95. The van der Waals surface area contributed by atoms with E-state index in [0.29, 0.717) is 16.1 Å². The molecule has 1 heterocycles. The lowest BCUT2D eigenvalue weighted by Crippen LogP contribution is -1.67. The van der Waals surface area contributed by atoms with Crippen LogP contribution in [0.3, 0.4) is 0 Å². The molecule has 0 fully saturated rings. The summed E-state index contributed by atoms with van der Waals surface area (Å²) >= 11 is 5.74. The number of halogens is 1. The highest BCUT2D eigenvalue weighted by Crippen LogP contribution is 2.20. The van der Waals surface area contributed by atoms with E-state index in [1.807, 2.05) is 0 Å². The van der Waals surface area contributed by atoms with E-state index in [1.54, 1.807) is 12.1 Å². The van der Waals surface area contributed by atoms with Crippen molar-refractivity contribution in [1.29, 1.82) is 0 Å². The van der Waals surface area contributed by atoms with Crippen LogP contribution in [0.4, 0.5) is 0 Å². The van der Waals surface area contributed by atoms with Crippen LogP contribution in [0.2, 0.25) is 5.02 Å². The zero-order valence-corrected chi connectivity index (χ0v) is 5.72. The van der Waals surface area contributed by atoms with Gasteiger partial charge in [-0.3, -0.25) is 0 Å². The maximum atomic E-state index is 5.74. The molecule has 0 aliphatic carbocycles. The molecule has 0 unspecified atom stereocenters. The van der Waals surface area contributed by atoms with Crippen molar-refractivity contribution < 1.29 is 4.42 Å². The van der Waals surface area contributed by atoms with Gasteiger partial charge in [0.2, 0.25) is 0 Å². The molecular weight excluding hydrogens is 150 g/mol.